The number of rotatable bonds is 5. The summed E-state index contributed by atoms with van der Waals surface area (Å²) in [6, 6.07) is 11.2. The molecular weight excluding hydrogens is 480 g/mol. The Hall–Kier alpha value is -3.92. The lowest BCUT2D eigenvalue weighted by Gasteiger charge is -2.31. The van der Waals surface area contributed by atoms with Crippen molar-refractivity contribution in [1.29, 1.82) is 0 Å². The number of anilines is 2. The molecule has 3 aromatic rings. The summed E-state index contributed by atoms with van der Waals surface area (Å²) in [4.78, 5) is 36.1. The molecule has 2 fully saturated rings. The Kier molecular flexibility index (Phi) is 6.03. The molecule has 0 bridgehead atoms. The fraction of sp³-hybridized carbons (Fsp3) is 0.333. The number of likely N-dealkylation sites (tertiary alicyclic amines) is 1. The Labute approximate surface area is 212 Å². The monoisotopic (exact) mass is 505 g/mol. The minimum absolute atomic E-state index is 0.140. The van der Waals surface area contributed by atoms with E-state index in [0.29, 0.717) is 24.6 Å². The third-order valence-electron chi connectivity index (χ3n) is 7.26. The molecular formula is C27H25F2N5O3. The van der Waals surface area contributed by atoms with Gasteiger partial charge >= 0.3 is 0 Å². The number of fused-ring (bicyclic) bond motifs is 1. The van der Waals surface area contributed by atoms with Crippen molar-refractivity contribution in [1.82, 2.24) is 20.2 Å². The number of benzene rings is 2. The number of nitrogens with zero attached hydrogens (tertiary/aromatic N) is 3. The standard InChI is InChI=1S/C27H25F2N5O3/c28-19-2-1-3-20(29)22(19)24-32-21-14-30-26(35)23(21)25(33-24)31-16-6-4-15(5-7-16)18-8-11-34(27(18)36)17-9-12-37-13-10-17/h1-7,17-18H,8-14H2,(H,30,35)(H,31,32,33). The van der Waals surface area contributed by atoms with Gasteiger partial charge in [-0.3, -0.25) is 9.59 Å². The van der Waals surface area contributed by atoms with E-state index in [1.165, 1.54) is 6.07 Å². The third-order valence-corrected chi connectivity index (χ3v) is 7.26. The van der Waals surface area contributed by atoms with Crippen molar-refractivity contribution in [3.63, 3.8) is 0 Å². The van der Waals surface area contributed by atoms with E-state index in [1.807, 2.05) is 29.2 Å². The number of nitrogens with one attached hydrogen (secondary N) is 2. The molecule has 0 radical (unpaired) electrons. The Balaban J connectivity index is 1.26. The molecule has 1 unspecified atom stereocenters. The highest BCUT2D eigenvalue weighted by atomic mass is 19.1. The lowest BCUT2D eigenvalue weighted by molar-refractivity contribution is -0.132. The predicted molar refractivity (Wildman–Crippen MR) is 131 cm³/mol. The van der Waals surface area contributed by atoms with Crippen LogP contribution in [-0.2, 0) is 16.1 Å². The maximum atomic E-state index is 14.4. The molecule has 1 atom stereocenters. The van der Waals surface area contributed by atoms with Crippen molar-refractivity contribution >= 4 is 23.3 Å². The van der Waals surface area contributed by atoms with Crippen LogP contribution in [0.4, 0.5) is 20.3 Å². The second kappa shape index (κ2) is 9.51. The lowest BCUT2D eigenvalue weighted by atomic mass is 9.97. The minimum atomic E-state index is -0.788. The number of carbonyl (C=O) groups is 2. The molecule has 190 valence electrons. The summed E-state index contributed by atoms with van der Waals surface area (Å²) in [7, 11) is 0. The summed E-state index contributed by atoms with van der Waals surface area (Å²) in [6.45, 7) is 2.26. The summed E-state index contributed by atoms with van der Waals surface area (Å²) in [5.74, 6) is -1.97. The van der Waals surface area contributed by atoms with Gasteiger partial charge in [0.1, 0.15) is 23.0 Å². The van der Waals surface area contributed by atoms with E-state index in [1.54, 1.807) is 0 Å². The van der Waals surface area contributed by atoms with Gasteiger partial charge in [-0.25, -0.2) is 18.7 Å². The fourth-order valence-corrected chi connectivity index (χ4v) is 5.35. The Morgan fingerprint density at radius 2 is 1.68 bits per heavy atom. The predicted octanol–water partition coefficient (Wildman–Crippen LogP) is 3.90. The van der Waals surface area contributed by atoms with Crippen LogP contribution in [0.3, 0.4) is 0 Å². The Bertz CT molecular complexity index is 1350. The Morgan fingerprint density at radius 3 is 2.41 bits per heavy atom. The van der Waals surface area contributed by atoms with Gasteiger partial charge in [-0.15, -0.1) is 0 Å². The molecule has 2 saturated heterocycles. The SMILES string of the molecule is O=C1NCc2nc(-c3c(F)cccc3F)nc(Nc3ccc(C4CCN(C5CCOCC5)C4=O)cc3)c21. The third kappa shape index (κ3) is 4.31. The van der Waals surface area contributed by atoms with Gasteiger partial charge in [-0.05, 0) is 49.1 Å². The van der Waals surface area contributed by atoms with Crippen LogP contribution < -0.4 is 10.6 Å². The average Bonchev–Trinajstić information content (AvgIpc) is 3.47. The van der Waals surface area contributed by atoms with Crippen LogP contribution >= 0.6 is 0 Å². The van der Waals surface area contributed by atoms with Gasteiger partial charge in [-0.2, -0.15) is 0 Å². The zero-order chi connectivity index (χ0) is 25.5. The van der Waals surface area contributed by atoms with Crippen LogP contribution in [0, 0.1) is 11.6 Å². The number of halogens is 2. The molecule has 0 saturated carbocycles. The van der Waals surface area contributed by atoms with Gasteiger partial charge in [0, 0.05) is 31.5 Å². The number of amides is 2. The van der Waals surface area contributed by atoms with Gasteiger partial charge < -0.3 is 20.3 Å². The van der Waals surface area contributed by atoms with Gasteiger partial charge in [0.05, 0.1) is 23.7 Å². The topological polar surface area (TPSA) is 96.4 Å². The first kappa shape index (κ1) is 23.5. The summed E-state index contributed by atoms with van der Waals surface area (Å²) in [5, 5.41) is 5.79. The van der Waals surface area contributed by atoms with Crippen LogP contribution in [0.1, 0.15) is 46.8 Å². The second-order valence-electron chi connectivity index (χ2n) is 9.46. The van der Waals surface area contributed by atoms with Crippen molar-refractivity contribution in [2.45, 2.75) is 37.8 Å². The summed E-state index contributed by atoms with van der Waals surface area (Å²) >= 11 is 0. The van der Waals surface area contributed by atoms with Crippen LogP contribution in [0.15, 0.2) is 42.5 Å². The van der Waals surface area contributed by atoms with Crippen LogP contribution in [0.2, 0.25) is 0 Å². The second-order valence-corrected chi connectivity index (χ2v) is 9.46. The maximum absolute atomic E-state index is 14.4. The maximum Gasteiger partial charge on any atom is 0.257 e. The normalized spacial score (nSPS) is 19.7. The van der Waals surface area contributed by atoms with Gasteiger partial charge in [-0.1, -0.05) is 18.2 Å². The molecule has 8 nitrogen and oxygen atoms in total. The first-order valence-electron chi connectivity index (χ1n) is 12.4. The fourth-order valence-electron chi connectivity index (χ4n) is 5.35. The number of hydrogen-bond donors (Lipinski definition) is 2. The van der Waals surface area contributed by atoms with E-state index in [0.717, 1.165) is 43.5 Å². The van der Waals surface area contributed by atoms with Crippen LogP contribution in [0.25, 0.3) is 11.4 Å². The molecule has 2 aromatic carbocycles. The quantitative estimate of drug-likeness (QED) is 0.546. The molecule has 37 heavy (non-hydrogen) atoms. The molecule has 6 rings (SSSR count). The van der Waals surface area contributed by atoms with Crippen molar-refractivity contribution in [3.8, 4) is 11.4 Å². The van der Waals surface area contributed by atoms with Crippen molar-refractivity contribution < 1.29 is 23.1 Å². The minimum Gasteiger partial charge on any atom is -0.381 e. The van der Waals surface area contributed by atoms with E-state index >= 15 is 0 Å². The van der Waals surface area contributed by atoms with Crippen molar-refractivity contribution in [3.05, 3.63) is 70.9 Å². The molecule has 3 aliphatic rings. The lowest BCUT2D eigenvalue weighted by Crippen LogP contribution is -2.40. The van der Waals surface area contributed by atoms with E-state index in [-0.39, 0.29) is 53.1 Å². The first-order valence-corrected chi connectivity index (χ1v) is 12.4. The van der Waals surface area contributed by atoms with E-state index in [9.17, 15) is 18.4 Å². The smallest absolute Gasteiger partial charge is 0.257 e. The zero-order valence-corrected chi connectivity index (χ0v) is 20.0. The highest BCUT2D eigenvalue weighted by Crippen LogP contribution is 2.34. The number of aromatic nitrogens is 2. The van der Waals surface area contributed by atoms with E-state index in [4.69, 9.17) is 4.74 Å². The molecule has 4 heterocycles. The van der Waals surface area contributed by atoms with E-state index < -0.39 is 11.6 Å². The summed E-state index contributed by atoms with van der Waals surface area (Å²) < 4.78 is 34.3. The first-order chi connectivity index (χ1) is 18.0. The van der Waals surface area contributed by atoms with Crippen LogP contribution in [0.5, 0.6) is 0 Å². The molecule has 1 aromatic heterocycles. The molecule has 3 aliphatic heterocycles. The van der Waals surface area contributed by atoms with Gasteiger partial charge in [0.2, 0.25) is 5.91 Å². The highest BCUT2D eigenvalue weighted by molar-refractivity contribution is 6.03. The average molecular weight is 506 g/mol. The number of hydrogen-bond acceptors (Lipinski definition) is 6. The van der Waals surface area contributed by atoms with Gasteiger partial charge in [0.25, 0.3) is 5.91 Å². The zero-order valence-electron chi connectivity index (χ0n) is 20.0. The van der Waals surface area contributed by atoms with E-state index in [2.05, 4.69) is 20.6 Å². The Morgan fingerprint density at radius 1 is 0.946 bits per heavy atom. The molecule has 0 aliphatic carbocycles. The van der Waals surface area contributed by atoms with Crippen LogP contribution in [-0.4, -0.2) is 52.5 Å². The molecule has 0 spiro atoms. The number of carbonyl (C=O) groups excluding carboxylic acids is 2. The van der Waals surface area contributed by atoms with Crippen molar-refractivity contribution in [2.75, 3.05) is 25.1 Å². The molecule has 2 N–H and O–H groups in total. The largest absolute Gasteiger partial charge is 0.381 e. The number of ether oxygens (including phenoxy) is 1. The highest BCUT2D eigenvalue weighted by Gasteiger charge is 2.37. The van der Waals surface area contributed by atoms with Crippen molar-refractivity contribution in [2.24, 2.45) is 0 Å². The molecule has 10 heteroatoms. The summed E-state index contributed by atoms with van der Waals surface area (Å²) in [5.41, 5.74) is 1.79. The summed E-state index contributed by atoms with van der Waals surface area (Å²) in [6.07, 6.45) is 2.51. The molecule has 2 amide bonds. The van der Waals surface area contributed by atoms with Gasteiger partial charge in [0.15, 0.2) is 5.82 Å².